The van der Waals surface area contributed by atoms with Gasteiger partial charge in [0.1, 0.15) is 13.2 Å². The van der Waals surface area contributed by atoms with Gasteiger partial charge in [-0.25, -0.2) is 0 Å². The minimum atomic E-state index is 0.0336. The van der Waals surface area contributed by atoms with Crippen LogP contribution in [0.25, 0.3) is 0 Å². The average Bonchev–Trinajstić information content (AvgIpc) is 2.53. The van der Waals surface area contributed by atoms with Crippen LogP contribution in [-0.2, 0) is 4.74 Å². The van der Waals surface area contributed by atoms with Gasteiger partial charge in [-0.05, 0) is 24.2 Å². The first kappa shape index (κ1) is 13.7. The van der Waals surface area contributed by atoms with Crippen molar-refractivity contribution in [2.45, 2.75) is 19.1 Å². The van der Waals surface area contributed by atoms with E-state index in [1.54, 1.807) is 0 Å². The quantitative estimate of drug-likeness (QED) is 0.899. The van der Waals surface area contributed by atoms with E-state index >= 15 is 0 Å². The number of nitrogens with two attached hydrogens (primary N) is 1. The Hall–Kier alpha value is -1.30. The van der Waals surface area contributed by atoms with E-state index in [4.69, 9.17) is 19.9 Å². The summed E-state index contributed by atoms with van der Waals surface area (Å²) in [4.78, 5) is 2.41. The van der Waals surface area contributed by atoms with Crippen molar-refractivity contribution >= 4 is 0 Å². The number of hydrogen-bond acceptors (Lipinski definition) is 5. The fourth-order valence-electron chi connectivity index (χ4n) is 3.01. The largest absolute Gasteiger partial charge is 0.486 e. The maximum absolute atomic E-state index is 5.88. The lowest BCUT2D eigenvalue weighted by atomic mass is 9.97. The van der Waals surface area contributed by atoms with Crippen molar-refractivity contribution in [1.82, 2.24) is 4.90 Å². The molecule has 2 heterocycles. The van der Waals surface area contributed by atoms with Gasteiger partial charge in [0, 0.05) is 13.1 Å². The van der Waals surface area contributed by atoms with Gasteiger partial charge >= 0.3 is 0 Å². The molecule has 0 aliphatic carbocycles. The first-order valence-corrected chi connectivity index (χ1v) is 7.28. The summed E-state index contributed by atoms with van der Waals surface area (Å²) in [6.45, 7) is 6.59. The zero-order valence-electron chi connectivity index (χ0n) is 11.9. The Labute approximate surface area is 119 Å². The maximum Gasteiger partial charge on any atom is 0.161 e. The lowest BCUT2D eigenvalue weighted by molar-refractivity contribution is -0.0659. The third-order valence-electron chi connectivity index (χ3n) is 4.00. The number of likely N-dealkylation sites (N-methyl/N-ethyl adjacent to an activating group) is 1. The summed E-state index contributed by atoms with van der Waals surface area (Å²) < 4.78 is 17.1. The number of rotatable bonds is 3. The van der Waals surface area contributed by atoms with E-state index in [0.29, 0.717) is 19.8 Å². The van der Waals surface area contributed by atoms with Gasteiger partial charge < -0.3 is 19.9 Å². The molecule has 5 heteroatoms. The molecule has 2 unspecified atom stereocenters. The summed E-state index contributed by atoms with van der Waals surface area (Å²) >= 11 is 0. The lowest BCUT2D eigenvalue weighted by Crippen LogP contribution is -2.48. The van der Waals surface area contributed by atoms with Crippen LogP contribution < -0.4 is 15.2 Å². The molecule has 3 rings (SSSR count). The Kier molecular flexibility index (Phi) is 4.10. The van der Waals surface area contributed by atoms with E-state index in [-0.39, 0.29) is 12.1 Å². The molecule has 5 nitrogen and oxygen atoms in total. The second-order valence-electron chi connectivity index (χ2n) is 5.12. The SMILES string of the molecule is CCN1CCOC(CN)C1c1ccc2c(c1)OCCO2. The highest BCUT2D eigenvalue weighted by Crippen LogP contribution is 2.36. The van der Waals surface area contributed by atoms with Crippen LogP contribution in [0.15, 0.2) is 18.2 Å². The first-order chi connectivity index (χ1) is 9.83. The fourth-order valence-corrected chi connectivity index (χ4v) is 3.01. The molecule has 1 fully saturated rings. The summed E-state index contributed by atoms with van der Waals surface area (Å²) in [6.07, 6.45) is 0.0336. The van der Waals surface area contributed by atoms with Crippen LogP contribution in [0.3, 0.4) is 0 Å². The van der Waals surface area contributed by atoms with E-state index < -0.39 is 0 Å². The Morgan fingerprint density at radius 3 is 2.75 bits per heavy atom. The summed E-state index contributed by atoms with van der Waals surface area (Å²) in [6, 6.07) is 6.34. The zero-order valence-corrected chi connectivity index (χ0v) is 11.9. The van der Waals surface area contributed by atoms with Crippen molar-refractivity contribution in [2.75, 3.05) is 39.5 Å². The molecule has 0 saturated carbocycles. The van der Waals surface area contributed by atoms with E-state index in [9.17, 15) is 0 Å². The van der Waals surface area contributed by atoms with Gasteiger partial charge in [-0.3, -0.25) is 4.90 Å². The van der Waals surface area contributed by atoms with Crippen molar-refractivity contribution in [3.63, 3.8) is 0 Å². The smallest absolute Gasteiger partial charge is 0.161 e. The number of nitrogens with zero attached hydrogens (tertiary/aromatic N) is 1. The van der Waals surface area contributed by atoms with Gasteiger partial charge in [0.25, 0.3) is 0 Å². The van der Waals surface area contributed by atoms with Crippen LogP contribution in [0.5, 0.6) is 11.5 Å². The van der Waals surface area contributed by atoms with Crippen molar-refractivity contribution < 1.29 is 14.2 Å². The Morgan fingerprint density at radius 2 is 2.00 bits per heavy atom. The summed E-state index contributed by atoms with van der Waals surface area (Å²) in [7, 11) is 0. The third-order valence-corrected chi connectivity index (χ3v) is 4.00. The highest BCUT2D eigenvalue weighted by atomic mass is 16.6. The van der Waals surface area contributed by atoms with E-state index in [1.165, 1.54) is 5.56 Å². The Balaban J connectivity index is 1.91. The van der Waals surface area contributed by atoms with Crippen LogP contribution >= 0.6 is 0 Å². The van der Waals surface area contributed by atoms with Crippen molar-refractivity contribution in [2.24, 2.45) is 5.73 Å². The van der Waals surface area contributed by atoms with Crippen LogP contribution in [0, 0.1) is 0 Å². The molecule has 1 saturated heterocycles. The van der Waals surface area contributed by atoms with Gasteiger partial charge in [-0.15, -0.1) is 0 Å². The fraction of sp³-hybridized carbons (Fsp3) is 0.600. The molecular formula is C15H22N2O3. The van der Waals surface area contributed by atoms with Gasteiger partial charge in [0.05, 0.1) is 18.8 Å². The standard InChI is InChI=1S/C15H22N2O3/c1-2-17-5-6-18-14(10-16)15(17)11-3-4-12-13(9-11)20-8-7-19-12/h3-4,9,14-15H,2,5-8,10,16H2,1H3. The molecule has 0 bridgehead atoms. The van der Waals surface area contributed by atoms with E-state index in [1.807, 2.05) is 6.07 Å². The molecule has 1 aromatic rings. The molecule has 110 valence electrons. The van der Waals surface area contributed by atoms with E-state index in [2.05, 4.69) is 24.0 Å². The molecule has 0 radical (unpaired) electrons. The number of ether oxygens (including phenoxy) is 3. The normalized spacial score (nSPS) is 26.5. The van der Waals surface area contributed by atoms with Crippen molar-refractivity contribution in [1.29, 1.82) is 0 Å². The van der Waals surface area contributed by atoms with Crippen molar-refractivity contribution in [3.05, 3.63) is 23.8 Å². The predicted molar refractivity (Wildman–Crippen MR) is 76.2 cm³/mol. The lowest BCUT2D eigenvalue weighted by Gasteiger charge is -2.40. The molecule has 2 atom stereocenters. The molecule has 2 aliphatic rings. The van der Waals surface area contributed by atoms with Crippen LogP contribution in [0.1, 0.15) is 18.5 Å². The summed E-state index contributed by atoms with van der Waals surface area (Å²) in [5.41, 5.74) is 7.06. The van der Waals surface area contributed by atoms with Gasteiger partial charge in [0.15, 0.2) is 11.5 Å². The number of morpholine rings is 1. The second-order valence-corrected chi connectivity index (χ2v) is 5.12. The highest BCUT2D eigenvalue weighted by molar-refractivity contribution is 5.45. The monoisotopic (exact) mass is 278 g/mol. The third kappa shape index (κ3) is 2.49. The van der Waals surface area contributed by atoms with Crippen LogP contribution in [0.2, 0.25) is 0 Å². The molecule has 2 N–H and O–H groups in total. The van der Waals surface area contributed by atoms with Crippen LogP contribution in [-0.4, -0.2) is 50.5 Å². The topological polar surface area (TPSA) is 57.0 Å². The predicted octanol–water partition coefficient (Wildman–Crippen LogP) is 1.18. The van der Waals surface area contributed by atoms with Gasteiger partial charge in [-0.1, -0.05) is 13.0 Å². The molecule has 2 aliphatic heterocycles. The van der Waals surface area contributed by atoms with E-state index in [0.717, 1.165) is 31.2 Å². The molecule has 1 aromatic carbocycles. The van der Waals surface area contributed by atoms with Gasteiger partial charge in [-0.2, -0.15) is 0 Å². The highest BCUT2D eigenvalue weighted by Gasteiger charge is 2.32. The average molecular weight is 278 g/mol. The number of hydrogen-bond donors (Lipinski definition) is 1. The van der Waals surface area contributed by atoms with Gasteiger partial charge in [0.2, 0.25) is 0 Å². The van der Waals surface area contributed by atoms with Crippen molar-refractivity contribution in [3.8, 4) is 11.5 Å². The molecule has 0 aromatic heterocycles. The first-order valence-electron chi connectivity index (χ1n) is 7.28. The minimum Gasteiger partial charge on any atom is -0.486 e. The molecular weight excluding hydrogens is 256 g/mol. The summed E-state index contributed by atoms with van der Waals surface area (Å²) in [5, 5.41) is 0. The maximum atomic E-state index is 5.88. The molecule has 20 heavy (non-hydrogen) atoms. The molecule has 0 amide bonds. The summed E-state index contributed by atoms with van der Waals surface area (Å²) in [5.74, 6) is 1.65. The zero-order chi connectivity index (χ0) is 13.9. The Bertz CT molecular complexity index is 454. The number of fused-ring (bicyclic) bond motifs is 1. The number of benzene rings is 1. The second kappa shape index (κ2) is 5.99. The molecule has 0 spiro atoms. The minimum absolute atomic E-state index is 0.0336. The Morgan fingerprint density at radius 1 is 1.20 bits per heavy atom. The van der Waals surface area contributed by atoms with Crippen LogP contribution in [0.4, 0.5) is 0 Å².